The summed E-state index contributed by atoms with van der Waals surface area (Å²) in [6.07, 6.45) is 0. The van der Waals surface area contributed by atoms with Crippen molar-refractivity contribution < 1.29 is 19.1 Å². The van der Waals surface area contributed by atoms with Gasteiger partial charge in [0.1, 0.15) is 11.5 Å². The third kappa shape index (κ3) is 6.11. The van der Waals surface area contributed by atoms with Crippen LogP contribution in [0.2, 0.25) is 0 Å². The van der Waals surface area contributed by atoms with Crippen molar-refractivity contribution >= 4 is 29.1 Å². The minimum atomic E-state index is -0.452. The highest BCUT2D eigenvalue weighted by Gasteiger charge is 2.08. The number of rotatable bonds is 5. The molecule has 8 heteroatoms. The average molecular weight is 359 g/mol. The number of hydrazine groups is 1. The normalized spacial score (nSPS) is 9.64. The summed E-state index contributed by atoms with van der Waals surface area (Å²) in [4.78, 5) is 23.6. The van der Waals surface area contributed by atoms with Crippen molar-refractivity contribution in [1.82, 2.24) is 16.2 Å². The molecule has 0 saturated heterocycles. The Kier molecular flexibility index (Phi) is 6.73. The van der Waals surface area contributed by atoms with Crippen LogP contribution in [0.4, 0.5) is 0 Å². The molecule has 0 aliphatic carbocycles. The molecule has 0 saturated carbocycles. The van der Waals surface area contributed by atoms with Crippen molar-refractivity contribution in [2.24, 2.45) is 0 Å². The van der Waals surface area contributed by atoms with E-state index < -0.39 is 5.91 Å². The van der Waals surface area contributed by atoms with E-state index in [2.05, 4.69) is 16.2 Å². The minimum Gasteiger partial charge on any atom is -0.497 e. The third-order valence-corrected chi connectivity index (χ3v) is 3.21. The molecule has 0 aliphatic heterocycles. The average Bonchev–Trinajstić information content (AvgIpc) is 2.65. The maximum Gasteiger partial charge on any atom is 0.276 e. The molecular formula is C17H17N3O4S. The fraction of sp³-hybridized carbons (Fsp3) is 0.118. The van der Waals surface area contributed by atoms with Gasteiger partial charge in [0.05, 0.1) is 7.11 Å². The SMILES string of the molecule is COc1ccc(OCC(=O)NNC(=S)NC(=O)c2ccccc2)cc1. The van der Waals surface area contributed by atoms with Gasteiger partial charge >= 0.3 is 0 Å². The molecule has 0 fully saturated rings. The molecule has 7 nitrogen and oxygen atoms in total. The number of thiocarbonyl (C=S) groups is 1. The summed E-state index contributed by atoms with van der Waals surface area (Å²) >= 11 is 4.94. The second-order valence-corrected chi connectivity index (χ2v) is 5.19. The molecule has 0 unspecified atom stereocenters. The number of hydrogen-bond acceptors (Lipinski definition) is 5. The van der Waals surface area contributed by atoms with Crippen molar-refractivity contribution in [2.45, 2.75) is 0 Å². The van der Waals surface area contributed by atoms with E-state index in [0.29, 0.717) is 17.1 Å². The molecule has 2 rings (SSSR count). The second-order valence-electron chi connectivity index (χ2n) is 4.79. The lowest BCUT2D eigenvalue weighted by Crippen LogP contribution is -2.49. The zero-order valence-corrected chi connectivity index (χ0v) is 14.3. The Morgan fingerprint density at radius 2 is 1.60 bits per heavy atom. The van der Waals surface area contributed by atoms with Crippen LogP contribution in [0.5, 0.6) is 11.5 Å². The van der Waals surface area contributed by atoms with Gasteiger partial charge in [-0.05, 0) is 48.6 Å². The summed E-state index contributed by atoms with van der Waals surface area (Å²) < 4.78 is 10.3. The molecule has 2 aromatic rings. The van der Waals surface area contributed by atoms with Crippen LogP contribution in [-0.4, -0.2) is 30.6 Å². The van der Waals surface area contributed by atoms with Crippen LogP contribution in [0.15, 0.2) is 54.6 Å². The smallest absolute Gasteiger partial charge is 0.276 e. The fourth-order valence-electron chi connectivity index (χ4n) is 1.78. The molecule has 0 heterocycles. The summed E-state index contributed by atoms with van der Waals surface area (Å²) in [5, 5.41) is 2.43. The monoisotopic (exact) mass is 359 g/mol. The van der Waals surface area contributed by atoms with Crippen molar-refractivity contribution in [3.05, 3.63) is 60.2 Å². The Labute approximate surface area is 150 Å². The van der Waals surface area contributed by atoms with Crippen LogP contribution in [0.3, 0.4) is 0 Å². The van der Waals surface area contributed by atoms with Crippen molar-refractivity contribution in [2.75, 3.05) is 13.7 Å². The van der Waals surface area contributed by atoms with Crippen LogP contribution in [0.1, 0.15) is 10.4 Å². The highest BCUT2D eigenvalue weighted by atomic mass is 32.1. The van der Waals surface area contributed by atoms with E-state index in [4.69, 9.17) is 21.7 Å². The first-order chi connectivity index (χ1) is 12.1. The van der Waals surface area contributed by atoms with E-state index in [-0.39, 0.29) is 17.6 Å². The van der Waals surface area contributed by atoms with Gasteiger partial charge in [-0.3, -0.25) is 25.8 Å². The van der Waals surface area contributed by atoms with Gasteiger partial charge in [0.15, 0.2) is 11.7 Å². The van der Waals surface area contributed by atoms with Crippen LogP contribution in [0.25, 0.3) is 0 Å². The largest absolute Gasteiger partial charge is 0.497 e. The predicted octanol–water partition coefficient (Wildman–Crippen LogP) is 1.41. The molecule has 0 aromatic heterocycles. The van der Waals surface area contributed by atoms with Crippen LogP contribution in [-0.2, 0) is 4.79 Å². The number of carbonyl (C=O) groups excluding carboxylic acids is 2. The lowest BCUT2D eigenvalue weighted by atomic mass is 10.2. The van der Waals surface area contributed by atoms with Crippen LogP contribution >= 0.6 is 12.2 Å². The Morgan fingerprint density at radius 1 is 0.960 bits per heavy atom. The standard InChI is InChI=1S/C17H17N3O4S/c1-23-13-7-9-14(10-8-13)24-11-15(21)19-20-17(25)18-16(22)12-5-3-2-4-6-12/h2-10H,11H2,1H3,(H,19,21)(H2,18,20,22,25). The van der Waals surface area contributed by atoms with Crippen molar-refractivity contribution in [3.63, 3.8) is 0 Å². The Balaban J connectivity index is 1.70. The molecule has 0 spiro atoms. The van der Waals surface area contributed by atoms with Gasteiger partial charge in [-0.2, -0.15) is 0 Å². The van der Waals surface area contributed by atoms with Crippen LogP contribution in [0, 0.1) is 0 Å². The first-order valence-corrected chi connectivity index (χ1v) is 7.71. The van der Waals surface area contributed by atoms with E-state index in [0.717, 1.165) is 0 Å². The molecule has 0 bridgehead atoms. The van der Waals surface area contributed by atoms with E-state index in [9.17, 15) is 9.59 Å². The van der Waals surface area contributed by atoms with Gasteiger partial charge in [-0.1, -0.05) is 18.2 Å². The van der Waals surface area contributed by atoms with E-state index >= 15 is 0 Å². The zero-order chi connectivity index (χ0) is 18.1. The molecule has 25 heavy (non-hydrogen) atoms. The van der Waals surface area contributed by atoms with Gasteiger partial charge < -0.3 is 9.47 Å². The number of ether oxygens (including phenoxy) is 2. The Hall–Kier alpha value is -3.13. The first-order valence-electron chi connectivity index (χ1n) is 7.30. The van der Waals surface area contributed by atoms with Crippen LogP contribution < -0.4 is 25.6 Å². The van der Waals surface area contributed by atoms with E-state index in [1.165, 1.54) is 0 Å². The van der Waals surface area contributed by atoms with Gasteiger partial charge in [0, 0.05) is 5.56 Å². The lowest BCUT2D eigenvalue weighted by Gasteiger charge is -2.11. The number of hydrogen-bond donors (Lipinski definition) is 3. The zero-order valence-electron chi connectivity index (χ0n) is 13.4. The highest BCUT2D eigenvalue weighted by Crippen LogP contribution is 2.16. The second kappa shape index (κ2) is 9.24. The third-order valence-electron chi connectivity index (χ3n) is 3.01. The maximum absolute atomic E-state index is 11.9. The van der Waals surface area contributed by atoms with E-state index in [1.807, 2.05) is 0 Å². The van der Waals surface area contributed by atoms with Crippen molar-refractivity contribution in [3.8, 4) is 11.5 Å². The van der Waals surface area contributed by atoms with E-state index in [1.54, 1.807) is 61.7 Å². The fourth-order valence-corrected chi connectivity index (χ4v) is 1.92. The number of nitrogens with one attached hydrogen (secondary N) is 3. The Morgan fingerprint density at radius 3 is 2.24 bits per heavy atom. The molecule has 0 atom stereocenters. The lowest BCUT2D eigenvalue weighted by molar-refractivity contribution is -0.123. The summed E-state index contributed by atoms with van der Waals surface area (Å²) in [6, 6.07) is 15.4. The number of methoxy groups -OCH3 is 1. The quantitative estimate of drug-likeness (QED) is 0.553. The molecule has 0 aliphatic rings. The van der Waals surface area contributed by atoms with Gasteiger partial charge in [-0.15, -0.1) is 0 Å². The molecule has 2 amide bonds. The number of benzene rings is 2. The summed E-state index contributed by atoms with van der Waals surface area (Å²) in [5.41, 5.74) is 5.23. The first kappa shape index (κ1) is 18.2. The number of carbonyl (C=O) groups is 2. The number of amides is 2. The minimum absolute atomic E-state index is 0.0216. The summed E-state index contributed by atoms with van der Waals surface area (Å²) in [7, 11) is 1.56. The van der Waals surface area contributed by atoms with Gasteiger partial charge in [-0.25, -0.2) is 0 Å². The maximum atomic E-state index is 11.9. The summed E-state index contributed by atoms with van der Waals surface area (Å²) in [6.45, 7) is -0.214. The van der Waals surface area contributed by atoms with Gasteiger partial charge in [0.2, 0.25) is 0 Å². The molecule has 3 N–H and O–H groups in total. The highest BCUT2D eigenvalue weighted by molar-refractivity contribution is 7.80. The topological polar surface area (TPSA) is 88.7 Å². The Bertz CT molecular complexity index is 735. The molecule has 2 aromatic carbocycles. The molecule has 0 radical (unpaired) electrons. The summed E-state index contributed by atoms with van der Waals surface area (Å²) in [5.74, 6) is 0.392. The predicted molar refractivity (Wildman–Crippen MR) is 96.3 cm³/mol. The van der Waals surface area contributed by atoms with Crippen molar-refractivity contribution in [1.29, 1.82) is 0 Å². The van der Waals surface area contributed by atoms with Gasteiger partial charge in [0.25, 0.3) is 11.8 Å². The molecule has 130 valence electrons. The molecular weight excluding hydrogens is 342 g/mol.